The van der Waals surface area contributed by atoms with E-state index in [9.17, 15) is 0 Å². The van der Waals surface area contributed by atoms with Crippen LogP contribution in [0.5, 0.6) is 0 Å². The molecule has 1 rings (SSSR count). The van der Waals surface area contributed by atoms with Gasteiger partial charge >= 0.3 is 0 Å². The summed E-state index contributed by atoms with van der Waals surface area (Å²) in [6.45, 7) is 7.40. The molecule has 1 aromatic carbocycles. The smallest absolute Gasteiger partial charge is 0.101 e. The Morgan fingerprint density at radius 2 is 2.33 bits per heavy atom. The first-order valence-electron chi connectivity index (χ1n) is 4.78. The molecule has 0 radical (unpaired) electrons. The Labute approximate surface area is 99.0 Å². The van der Waals surface area contributed by atoms with Gasteiger partial charge in [-0.15, -0.1) is 6.58 Å². The fourth-order valence-corrected chi connectivity index (χ4v) is 1.79. The summed E-state index contributed by atoms with van der Waals surface area (Å²) in [5, 5.41) is 9.03. The maximum Gasteiger partial charge on any atom is 0.101 e. The molecule has 0 saturated heterocycles. The largest absolute Gasteiger partial charge is 0.367 e. The molecule has 0 amide bonds. The van der Waals surface area contributed by atoms with Gasteiger partial charge in [0.1, 0.15) is 6.07 Å². The zero-order valence-corrected chi connectivity index (χ0v) is 10.3. The van der Waals surface area contributed by atoms with Crippen molar-refractivity contribution in [3.8, 4) is 6.07 Å². The topological polar surface area (TPSA) is 27.0 Å². The lowest BCUT2D eigenvalue weighted by Gasteiger charge is -2.22. The summed E-state index contributed by atoms with van der Waals surface area (Å²) in [6, 6.07) is 7.94. The Kier molecular flexibility index (Phi) is 4.38. The van der Waals surface area contributed by atoms with E-state index in [1.165, 1.54) is 0 Å². The van der Waals surface area contributed by atoms with Gasteiger partial charge in [-0.25, -0.2) is 0 Å². The SMILES string of the molecule is C=CCN(CC)c1ccc(Br)cc1C#N. The molecule has 0 unspecified atom stereocenters. The third kappa shape index (κ3) is 2.84. The monoisotopic (exact) mass is 264 g/mol. The van der Waals surface area contributed by atoms with Gasteiger partial charge in [0.15, 0.2) is 0 Å². The molecule has 0 aliphatic heterocycles. The average molecular weight is 265 g/mol. The maximum atomic E-state index is 9.03. The van der Waals surface area contributed by atoms with Crippen LogP contribution in [-0.2, 0) is 0 Å². The molecule has 0 aliphatic carbocycles. The van der Waals surface area contributed by atoms with Crippen molar-refractivity contribution < 1.29 is 0 Å². The van der Waals surface area contributed by atoms with E-state index in [-0.39, 0.29) is 0 Å². The van der Waals surface area contributed by atoms with E-state index >= 15 is 0 Å². The quantitative estimate of drug-likeness (QED) is 0.781. The lowest BCUT2D eigenvalue weighted by atomic mass is 10.1. The normalized spacial score (nSPS) is 9.40. The Morgan fingerprint density at radius 3 is 2.87 bits per heavy atom. The maximum absolute atomic E-state index is 9.03. The number of rotatable bonds is 4. The molecule has 0 bridgehead atoms. The molecule has 78 valence electrons. The molecule has 1 aromatic rings. The molecule has 0 N–H and O–H groups in total. The highest BCUT2D eigenvalue weighted by molar-refractivity contribution is 9.10. The van der Waals surface area contributed by atoms with Crippen LogP contribution in [0.15, 0.2) is 35.3 Å². The summed E-state index contributed by atoms with van der Waals surface area (Å²) in [6.07, 6.45) is 1.84. The second kappa shape index (κ2) is 5.57. The predicted molar refractivity (Wildman–Crippen MR) is 66.9 cm³/mol. The minimum Gasteiger partial charge on any atom is -0.367 e. The van der Waals surface area contributed by atoms with Crippen molar-refractivity contribution in [2.24, 2.45) is 0 Å². The van der Waals surface area contributed by atoms with Gasteiger partial charge in [0.05, 0.1) is 11.3 Å². The first-order chi connectivity index (χ1) is 7.22. The first-order valence-corrected chi connectivity index (χ1v) is 5.57. The molecule has 0 saturated carbocycles. The molecule has 15 heavy (non-hydrogen) atoms. The number of halogens is 1. The van der Waals surface area contributed by atoms with E-state index in [4.69, 9.17) is 5.26 Å². The van der Waals surface area contributed by atoms with Crippen molar-refractivity contribution in [2.45, 2.75) is 6.92 Å². The van der Waals surface area contributed by atoms with E-state index in [1.807, 2.05) is 24.3 Å². The summed E-state index contributed by atoms with van der Waals surface area (Å²) in [7, 11) is 0. The van der Waals surface area contributed by atoms with Crippen LogP contribution in [-0.4, -0.2) is 13.1 Å². The Bertz CT molecular complexity index is 393. The highest BCUT2D eigenvalue weighted by Crippen LogP contribution is 2.23. The number of nitriles is 1. The summed E-state index contributed by atoms with van der Waals surface area (Å²) in [4.78, 5) is 2.11. The lowest BCUT2D eigenvalue weighted by Crippen LogP contribution is -2.23. The van der Waals surface area contributed by atoms with Crippen molar-refractivity contribution in [1.29, 1.82) is 5.26 Å². The molecule has 0 spiro atoms. The van der Waals surface area contributed by atoms with E-state index in [2.05, 4.69) is 40.4 Å². The van der Waals surface area contributed by atoms with Gasteiger partial charge in [-0.05, 0) is 25.1 Å². The predicted octanol–water partition coefficient (Wildman–Crippen LogP) is 3.33. The highest BCUT2D eigenvalue weighted by Gasteiger charge is 2.08. The third-order valence-electron chi connectivity index (χ3n) is 2.15. The molecule has 0 aliphatic rings. The van der Waals surface area contributed by atoms with Crippen LogP contribution in [0.25, 0.3) is 0 Å². The summed E-state index contributed by atoms with van der Waals surface area (Å²) >= 11 is 3.36. The zero-order valence-electron chi connectivity index (χ0n) is 8.70. The van der Waals surface area contributed by atoms with Crippen molar-refractivity contribution >= 4 is 21.6 Å². The fourth-order valence-electron chi connectivity index (χ4n) is 1.43. The molecule has 3 heteroatoms. The van der Waals surface area contributed by atoms with Crippen LogP contribution in [0, 0.1) is 11.3 Å². The molecular formula is C12H13BrN2. The Balaban J connectivity index is 3.11. The Morgan fingerprint density at radius 1 is 1.60 bits per heavy atom. The fraction of sp³-hybridized carbons (Fsp3) is 0.250. The standard InChI is InChI=1S/C12H13BrN2/c1-3-7-15(4-2)12-6-5-11(13)8-10(12)9-14/h3,5-6,8H,1,4,7H2,2H3. The van der Waals surface area contributed by atoms with Crippen molar-refractivity contribution in [3.63, 3.8) is 0 Å². The van der Waals surface area contributed by atoms with Crippen LogP contribution in [0.4, 0.5) is 5.69 Å². The lowest BCUT2D eigenvalue weighted by molar-refractivity contribution is 0.904. The third-order valence-corrected chi connectivity index (χ3v) is 2.64. The van der Waals surface area contributed by atoms with Gasteiger partial charge in [0.25, 0.3) is 0 Å². The average Bonchev–Trinajstić information content (AvgIpc) is 2.26. The summed E-state index contributed by atoms with van der Waals surface area (Å²) in [5.41, 5.74) is 1.65. The highest BCUT2D eigenvalue weighted by atomic mass is 79.9. The van der Waals surface area contributed by atoms with E-state index in [0.717, 1.165) is 23.2 Å². The molecular weight excluding hydrogens is 252 g/mol. The number of benzene rings is 1. The molecule has 0 heterocycles. The van der Waals surface area contributed by atoms with E-state index in [1.54, 1.807) is 0 Å². The van der Waals surface area contributed by atoms with Gasteiger partial charge in [0, 0.05) is 17.6 Å². The number of likely N-dealkylation sites (N-methyl/N-ethyl adjacent to an activating group) is 1. The van der Waals surface area contributed by atoms with Crippen molar-refractivity contribution in [2.75, 3.05) is 18.0 Å². The van der Waals surface area contributed by atoms with Crippen LogP contribution >= 0.6 is 15.9 Å². The molecule has 0 aromatic heterocycles. The van der Waals surface area contributed by atoms with Gasteiger partial charge in [-0.2, -0.15) is 5.26 Å². The number of nitrogens with zero attached hydrogens (tertiary/aromatic N) is 2. The summed E-state index contributed by atoms with van der Waals surface area (Å²) < 4.78 is 0.928. The number of hydrogen-bond acceptors (Lipinski definition) is 2. The number of hydrogen-bond donors (Lipinski definition) is 0. The second-order valence-corrected chi connectivity index (χ2v) is 4.02. The zero-order chi connectivity index (χ0) is 11.3. The molecule has 0 fully saturated rings. The van der Waals surface area contributed by atoms with Crippen LogP contribution < -0.4 is 4.90 Å². The van der Waals surface area contributed by atoms with Crippen LogP contribution in [0.2, 0.25) is 0 Å². The van der Waals surface area contributed by atoms with Gasteiger partial charge in [0.2, 0.25) is 0 Å². The van der Waals surface area contributed by atoms with Crippen LogP contribution in [0.1, 0.15) is 12.5 Å². The Hall–Kier alpha value is -1.27. The molecule has 2 nitrogen and oxygen atoms in total. The first kappa shape index (κ1) is 11.8. The van der Waals surface area contributed by atoms with Gasteiger partial charge in [-0.3, -0.25) is 0 Å². The van der Waals surface area contributed by atoms with E-state index < -0.39 is 0 Å². The summed E-state index contributed by atoms with van der Waals surface area (Å²) in [5.74, 6) is 0. The minimum atomic E-state index is 0.688. The number of anilines is 1. The second-order valence-electron chi connectivity index (χ2n) is 3.10. The van der Waals surface area contributed by atoms with E-state index in [0.29, 0.717) is 5.56 Å². The minimum absolute atomic E-state index is 0.688. The van der Waals surface area contributed by atoms with Gasteiger partial charge in [-0.1, -0.05) is 22.0 Å². The van der Waals surface area contributed by atoms with Crippen molar-refractivity contribution in [3.05, 3.63) is 40.9 Å². The van der Waals surface area contributed by atoms with Crippen LogP contribution in [0.3, 0.4) is 0 Å². The molecule has 0 atom stereocenters. The van der Waals surface area contributed by atoms with Gasteiger partial charge < -0.3 is 4.90 Å². The van der Waals surface area contributed by atoms with Crippen molar-refractivity contribution in [1.82, 2.24) is 0 Å².